The third kappa shape index (κ3) is 3.95. The van der Waals surface area contributed by atoms with E-state index in [9.17, 15) is 0 Å². The summed E-state index contributed by atoms with van der Waals surface area (Å²) in [5, 5.41) is 0. The Labute approximate surface area is 88.2 Å². The molecule has 14 heavy (non-hydrogen) atoms. The molecule has 1 fully saturated rings. The number of likely N-dealkylation sites (N-methyl/N-ethyl adjacent to an activating group) is 1. The second kappa shape index (κ2) is 6.38. The molecule has 3 heteroatoms. The van der Waals surface area contributed by atoms with Gasteiger partial charge in [0.05, 0.1) is 0 Å². The lowest BCUT2D eigenvalue weighted by Gasteiger charge is -2.33. The minimum atomic E-state index is 0.788. The van der Waals surface area contributed by atoms with E-state index < -0.39 is 0 Å². The van der Waals surface area contributed by atoms with Crippen molar-refractivity contribution in [2.75, 3.05) is 46.3 Å². The molecule has 1 heterocycles. The predicted molar refractivity (Wildman–Crippen MR) is 61.4 cm³/mol. The van der Waals surface area contributed by atoms with Crippen LogP contribution in [-0.4, -0.2) is 56.1 Å². The van der Waals surface area contributed by atoms with Gasteiger partial charge in [0.1, 0.15) is 0 Å². The minimum absolute atomic E-state index is 0.788. The van der Waals surface area contributed by atoms with Gasteiger partial charge in [0, 0.05) is 26.2 Å². The first-order chi connectivity index (χ1) is 6.76. The van der Waals surface area contributed by atoms with Crippen molar-refractivity contribution < 1.29 is 0 Å². The fourth-order valence-electron chi connectivity index (χ4n) is 2.35. The molecule has 1 rings (SSSR count). The Morgan fingerprint density at radius 2 is 2.29 bits per heavy atom. The first-order valence-electron chi connectivity index (χ1n) is 5.87. The molecule has 1 aliphatic rings. The Bertz CT molecular complexity index is 149. The number of rotatable bonds is 5. The van der Waals surface area contributed by atoms with E-state index in [1.807, 2.05) is 0 Å². The number of hydrogen-bond donors (Lipinski definition) is 1. The van der Waals surface area contributed by atoms with E-state index in [2.05, 4.69) is 23.8 Å². The van der Waals surface area contributed by atoms with E-state index in [1.165, 1.54) is 32.5 Å². The Morgan fingerprint density at radius 1 is 1.50 bits per heavy atom. The van der Waals surface area contributed by atoms with Crippen molar-refractivity contribution in [3.8, 4) is 0 Å². The number of nitrogens with zero attached hydrogens (tertiary/aromatic N) is 2. The molecule has 84 valence electrons. The highest BCUT2D eigenvalue weighted by Gasteiger charge is 2.18. The first kappa shape index (κ1) is 12.0. The lowest BCUT2D eigenvalue weighted by atomic mass is 9.98. The minimum Gasteiger partial charge on any atom is -0.329 e. The normalized spacial score (nSPS) is 24.4. The largest absolute Gasteiger partial charge is 0.329 e. The maximum absolute atomic E-state index is 5.59. The Hall–Kier alpha value is -0.120. The highest BCUT2D eigenvalue weighted by atomic mass is 15.1. The lowest BCUT2D eigenvalue weighted by molar-refractivity contribution is 0.157. The van der Waals surface area contributed by atoms with Gasteiger partial charge in [-0.05, 0) is 38.9 Å². The second-order valence-corrected chi connectivity index (χ2v) is 4.45. The van der Waals surface area contributed by atoms with Crippen LogP contribution in [0.5, 0.6) is 0 Å². The first-order valence-corrected chi connectivity index (χ1v) is 5.87. The molecule has 2 N–H and O–H groups in total. The average Bonchev–Trinajstić information content (AvgIpc) is 2.17. The summed E-state index contributed by atoms with van der Waals surface area (Å²) in [4.78, 5) is 4.92. The summed E-state index contributed by atoms with van der Waals surface area (Å²) in [6, 6.07) is 0. The van der Waals surface area contributed by atoms with Crippen molar-refractivity contribution in [3.63, 3.8) is 0 Å². The average molecular weight is 199 g/mol. The van der Waals surface area contributed by atoms with E-state index >= 15 is 0 Å². The SMILES string of the molecule is CCN(CCN)CC1CCCN(C)C1. The van der Waals surface area contributed by atoms with Gasteiger partial charge < -0.3 is 15.5 Å². The van der Waals surface area contributed by atoms with Crippen molar-refractivity contribution in [2.45, 2.75) is 19.8 Å². The van der Waals surface area contributed by atoms with Crippen molar-refractivity contribution >= 4 is 0 Å². The Balaban J connectivity index is 2.26. The summed E-state index contributed by atoms with van der Waals surface area (Å²) in [7, 11) is 2.23. The molecule has 0 saturated carbocycles. The summed E-state index contributed by atoms with van der Waals surface area (Å²) < 4.78 is 0. The van der Waals surface area contributed by atoms with Crippen LogP contribution in [0.15, 0.2) is 0 Å². The van der Waals surface area contributed by atoms with E-state index in [0.717, 1.165) is 25.6 Å². The van der Waals surface area contributed by atoms with E-state index in [1.54, 1.807) is 0 Å². The number of piperidine rings is 1. The molecule has 1 aliphatic heterocycles. The summed E-state index contributed by atoms with van der Waals surface area (Å²) in [6.07, 6.45) is 2.76. The molecule has 1 atom stereocenters. The van der Waals surface area contributed by atoms with Gasteiger partial charge in [-0.1, -0.05) is 6.92 Å². The molecular formula is C11H25N3. The van der Waals surface area contributed by atoms with Crippen LogP contribution in [0.1, 0.15) is 19.8 Å². The Kier molecular flexibility index (Phi) is 5.45. The molecule has 0 aliphatic carbocycles. The molecule has 0 bridgehead atoms. The summed E-state index contributed by atoms with van der Waals surface area (Å²) in [6.45, 7) is 8.98. The summed E-state index contributed by atoms with van der Waals surface area (Å²) >= 11 is 0. The molecular weight excluding hydrogens is 174 g/mol. The van der Waals surface area contributed by atoms with Gasteiger partial charge >= 0.3 is 0 Å². The van der Waals surface area contributed by atoms with Crippen LogP contribution < -0.4 is 5.73 Å². The van der Waals surface area contributed by atoms with Gasteiger partial charge in [-0.3, -0.25) is 0 Å². The molecule has 0 aromatic carbocycles. The molecule has 1 unspecified atom stereocenters. The highest BCUT2D eigenvalue weighted by Crippen LogP contribution is 2.15. The zero-order valence-corrected chi connectivity index (χ0v) is 9.71. The van der Waals surface area contributed by atoms with E-state index in [0.29, 0.717) is 0 Å². The second-order valence-electron chi connectivity index (χ2n) is 4.45. The van der Waals surface area contributed by atoms with Gasteiger partial charge in [0.25, 0.3) is 0 Å². The zero-order valence-electron chi connectivity index (χ0n) is 9.71. The Morgan fingerprint density at radius 3 is 2.86 bits per heavy atom. The van der Waals surface area contributed by atoms with Gasteiger partial charge in [-0.15, -0.1) is 0 Å². The van der Waals surface area contributed by atoms with Crippen LogP contribution in [0.25, 0.3) is 0 Å². The molecule has 0 radical (unpaired) electrons. The lowest BCUT2D eigenvalue weighted by Crippen LogP contribution is -2.40. The standard InChI is InChI=1S/C11H25N3/c1-3-14(8-6-12)10-11-5-4-7-13(2)9-11/h11H,3-10,12H2,1-2H3. The third-order valence-corrected chi connectivity index (χ3v) is 3.13. The predicted octanol–water partition coefficient (Wildman–Crippen LogP) is 0.609. The van der Waals surface area contributed by atoms with Crippen LogP contribution >= 0.6 is 0 Å². The highest BCUT2D eigenvalue weighted by molar-refractivity contribution is 4.73. The van der Waals surface area contributed by atoms with Crippen molar-refractivity contribution in [1.82, 2.24) is 9.80 Å². The summed E-state index contributed by atoms with van der Waals surface area (Å²) in [5.74, 6) is 0.861. The number of nitrogens with two attached hydrogens (primary N) is 1. The van der Waals surface area contributed by atoms with E-state index in [4.69, 9.17) is 5.73 Å². The third-order valence-electron chi connectivity index (χ3n) is 3.13. The van der Waals surface area contributed by atoms with Crippen molar-refractivity contribution in [1.29, 1.82) is 0 Å². The van der Waals surface area contributed by atoms with Crippen LogP contribution in [-0.2, 0) is 0 Å². The maximum atomic E-state index is 5.59. The molecule has 0 aromatic rings. The molecule has 0 amide bonds. The van der Waals surface area contributed by atoms with Crippen molar-refractivity contribution in [2.24, 2.45) is 11.7 Å². The fraction of sp³-hybridized carbons (Fsp3) is 1.00. The number of likely N-dealkylation sites (tertiary alicyclic amines) is 1. The molecule has 0 spiro atoms. The zero-order chi connectivity index (χ0) is 10.4. The van der Waals surface area contributed by atoms with Gasteiger partial charge in [-0.2, -0.15) is 0 Å². The monoisotopic (exact) mass is 199 g/mol. The quantitative estimate of drug-likeness (QED) is 0.704. The molecule has 1 saturated heterocycles. The van der Waals surface area contributed by atoms with Crippen LogP contribution in [0.2, 0.25) is 0 Å². The number of hydrogen-bond acceptors (Lipinski definition) is 3. The van der Waals surface area contributed by atoms with Crippen molar-refractivity contribution in [3.05, 3.63) is 0 Å². The maximum Gasteiger partial charge on any atom is 0.0105 e. The topological polar surface area (TPSA) is 32.5 Å². The van der Waals surface area contributed by atoms with Crippen LogP contribution in [0, 0.1) is 5.92 Å². The van der Waals surface area contributed by atoms with Gasteiger partial charge in [0.15, 0.2) is 0 Å². The van der Waals surface area contributed by atoms with Gasteiger partial charge in [-0.25, -0.2) is 0 Å². The van der Waals surface area contributed by atoms with Crippen LogP contribution in [0.4, 0.5) is 0 Å². The van der Waals surface area contributed by atoms with E-state index in [-0.39, 0.29) is 0 Å². The summed E-state index contributed by atoms with van der Waals surface area (Å²) in [5.41, 5.74) is 5.59. The van der Waals surface area contributed by atoms with Crippen LogP contribution in [0.3, 0.4) is 0 Å². The molecule has 0 aromatic heterocycles. The van der Waals surface area contributed by atoms with Gasteiger partial charge in [0.2, 0.25) is 0 Å². The fourth-order valence-corrected chi connectivity index (χ4v) is 2.35. The smallest absolute Gasteiger partial charge is 0.0105 e. The molecule has 3 nitrogen and oxygen atoms in total.